The van der Waals surface area contributed by atoms with Gasteiger partial charge in [0, 0.05) is 16.1 Å². The van der Waals surface area contributed by atoms with Gasteiger partial charge in [-0.1, -0.05) is 23.2 Å². The summed E-state index contributed by atoms with van der Waals surface area (Å²) in [6, 6.07) is 9.26. The highest BCUT2D eigenvalue weighted by Crippen LogP contribution is 2.34. The molecule has 0 bridgehead atoms. The number of nitrogens with zero attached hydrogens (tertiary/aromatic N) is 2. The number of hydrogen-bond donors (Lipinski definition) is 1. The van der Waals surface area contributed by atoms with Gasteiger partial charge in [-0.25, -0.2) is 4.68 Å². The van der Waals surface area contributed by atoms with E-state index < -0.39 is 46.7 Å². The van der Waals surface area contributed by atoms with E-state index in [1.165, 1.54) is 30.3 Å². The SMILES string of the molecule is O=C([O-])c1nn(-c2ccc(Cl)cc2Cl)c(-c2ccc(OS(=O)(=O)CCC(F)(F)F)cc2)c1CO. The second-order valence-electron chi connectivity index (χ2n) is 6.86. The summed E-state index contributed by atoms with van der Waals surface area (Å²) >= 11 is 12.1. The van der Waals surface area contributed by atoms with Crippen LogP contribution in [0.5, 0.6) is 5.75 Å². The largest absolute Gasteiger partial charge is 0.543 e. The molecule has 0 aliphatic rings. The van der Waals surface area contributed by atoms with Crippen LogP contribution in [0.1, 0.15) is 22.5 Å². The van der Waals surface area contributed by atoms with Crippen molar-refractivity contribution in [1.29, 1.82) is 0 Å². The Morgan fingerprint density at radius 3 is 2.32 bits per heavy atom. The third-order valence-electron chi connectivity index (χ3n) is 4.46. The Kier molecular flexibility index (Phi) is 7.46. The monoisotopic (exact) mass is 537 g/mol. The summed E-state index contributed by atoms with van der Waals surface area (Å²) in [5.41, 5.74) is -0.0955. The molecule has 0 spiro atoms. The van der Waals surface area contributed by atoms with Crippen LogP contribution in [0.2, 0.25) is 10.0 Å². The highest BCUT2D eigenvalue weighted by molar-refractivity contribution is 7.87. The van der Waals surface area contributed by atoms with Crippen LogP contribution in [0.15, 0.2) is 42.5 Å². The predicted octanol–water partition coefficient (Wildman–Crippen LogP) is 3.36. The van der Waals surface area contributed by atoms with Crippen LogP contribution >= 0.6 is 23.2 Å². The molecule has 3 aromatic rings. The van der Waals surface area contributed by atoms with Crippen molar-refractivity contribution >= 4 is 39.3 Å². The lowest BCUT2D eigenvalue weighted by molar-refractivity contribution is -0.255. The zero-order chi connectivity index (χ0) is 25.3. The molecule has 1 heterocycles. The van der Waals surface area contributed by atoms with Crippen LogP contribution in [0, 0.1) is 0 Å². The van der Waals surface area contributed by atoms with E-state index in [1.54, 1.807) is 0 Å². The van der Waals surface area contributed by atoms with Gasteiger partial charge in [0.15, 0.2) is 0 Å². The molecular formula is C20H14Cl2F3N2O6S-. The van der Waals surface area contributed by atoms with E-state index in [0.717, 1.165) is 16.8 Å². The normalized spacial score (nSPS) is 12.1. The van der Waals surface area contributed by atoms with E-state index in [1.807, 2.05) is 0 Å². The van der Waals surface area contributed by atoms with E-state index in [-0.39, 0.29) is 33.3 Å². The van der Waals surface area contributed by atoms with E-state index >= 15 is 0 Å². The number of aromatic nitrogens is 2. The van der Waals surface area contributed by atoms with Crippen molar-refractivity contribution in [1.82, 2.24) is 9.78 Å². The molecule has 0 aliphatic heterocycles. The number of carboxylic acid groups (broad SMARTS) is 1. The number of benzene rings is 2. The van der Waals surface area contributed by atoms with Gasteiger partial charge in [-0.2, -0.15) is 26.7 Å². The number of carboxylic acids is 1. The van der Waals surface area contributed by atoms with Crippen molar-refractivity contribution in [3.63, 3.8) is 0 Å². The number of aliphatic hydroxyl groups excluding tert-OH is 1. The average molecular weight is 538 g/mol. The quantitative estimate of drug-likeness (QED) is 0.437. The Morgan fingerprint density at radius 2 is 1.79 bits per heavy atom. The van der Waals surface area contributed by atoms with E-state index in [2.05, 4.69) is 5.10 Å². The van der Waals surface area contributed by atoms with Gasteiger partial charge < -0.3 is 19.2 Å². The topological polar surface area (TPSA) is 122 Å². The molecule has 3 rings (SSSR count). The molecule has 182 valence electrons. The standard InChI is InChI=1S/C20H15Cl2F3N2O6S/c21-12-3-6-16(15(22)9-12)27-18(14(10-28)17(26-27)19(29)30)11-1-4-13(5-2-11)33-34(31,32)8-7-20(23,24)25/h1-6,9,28H,7-8,10H2,(H,29,30)/p-1. The molecule has 1 N–H and O–H groups in total. The maximum atomic E-state index is 12.3. The van der Waals surface area contributed by atoms with Crippen molar-refractivity contribution in [3.05, 3.63) is 63.8 Å². The highest BCUT2D eigenvalue weighted by Gasteiger charge is 2.30. The molecule has 0 aliphatic carbocycles. The first-order valence-corrected chi connectivity index (χ1v) is 11.6. The number of alkyl halides is 3. The van der Waals surface area contributed by atoms with Crippen molar-refractivity contribution in [3.8, 4) is 22.7 Å². The molecule has 2 aromatic carbocycles. The maximum absolute atomic E-state index is 12.3. The zero-order valence-electron chi connectivity index (χ0n) is 16.8. The summed E-state index contributed by atoms with van der Waals surface area (Å²) in [6.45, 7) is -0.742. The third-order valence-corrected chi connectivity index (χ3v) is 6.15. The molecule has 34 heavy (non-hydrogen) atoms. The Balaban J connectivity index is 2.03. The lowest BCUT2D eigenvalue weighted by Crippen LogP contribution is -2.24. The Bertz CT molecular complexity index is 1330. The van der Waals surface area contributed by atoms with E-state index in [4.69, 9.17) is 27.4 Å². The van der Waals surface area contributed by atoms with E-state index in [0.29, 0.717) is 5.02 Å². The fourth-order valence-corrected chi connectivity index (χ4v) is 4.44. The summed E-state index contributed by atoms with van der Waals surface area (Å²) in [5, 5.41) is 25.8. The van der Waals surface area contributed by atoms with Crippen LogP contribution in [-0.2, 0) is 16.7 Å². The summed E-state index contributed by atoms with van der Waals surface area (Å²) in [4.78, 5) is 11.6. The van der Waals surface area contributed by atoms with E-state index in [9.17, 15) is 36.6 Å². The third kappa shape index (κ3) is 6.00. The molecule has 14 heteroatoms. The Morgan fingerprint density at radius 1 is 1.15 bits per heavy atom. The summed E-state index contributed by atoms with van der Waals surface area (Å²) in [5.74, 6) is -3.19. The molecular weight excluding hydrogens is 524 g/mol. The molecule has 0 fully saturated rings. The molecule has 0 atom stereocenters. The summed E-state index contributed by atoms with van der Waals surface area (Å²) in [6.07, 6.45) is -6.24. The Labute approximate surface area is 201 Å². The second-order valence-corrected chi connectivity index (χ2v) is 9.40. The van der Waals surface area contributed by atoms with Crippen LogP contribution in [0.4, 0.5) is 13.2 Å². The zero-order valence-corrected chi connectivity index (χ0v) is 19.2. The minimum Gasteiger partial charge on any atom is -0.543 e. The molecule has 0 saturated heterocycles. The van der Waals surface area contributed by atoms with Gasteiger partial charge in [-0.3, -0.25) is 0 Å². The smallest absolute Gasteiger partial charge is 0.390 e. The lowest BCUT2D eigenvalue weighted by Gasteiger charge is -2.12. The number of aliphatic hydroxyl groups is 1. The van der Waals surface area contributed by atoms with Gasteiger partial charge in [0.1, 0.15) is 11.4 Å². The first kappa shape index (κ1) is 25.8. The fraction of sp³-hybridized carbons (Fsp3) is 0.200. The number of carbonyl (C=O) groups is 1. The van der Waals surface area contributed by atoms with Crippen molar-refractivity contribution in [2.24, 2.45) is 0 Å². The molecule has 0 unspecified atom stereocenters. The molecule has 0 radical (unpaired) electrons. The average Bonchev–Trinajstić information content (AvgIpc) is 3.12. The summed E-state index contributed by atoms with van der Waals surface area (Å²) in [7, 11) is -4.52. The second kappa shape index (κ2) is 9.82. The van der Waals surface area contributed by atoms with Gasteiger partial charge in [-0.15, -0.1) is 0 Å². The van der Waals surface area contributed by atoms with Gasteiger partial charge in [0.05, 0.1) is 41.2 Å². The first-order chi connectivity index (χ1) is 15.8. The predicted molar refractivity (Wildman–Crippen MR) is 114 cm³/mol. The van der Waals surface area contributed by atoms with Crippen LogP contribution in [0.25, 0.3) is 16.9 Å². The number of rotatable bonds is 8. The summed E-state index contributed by atoms with van der Waals surface area (Å²) < 4.78 is 66.4. The van der Waals surface area contributed by atoms with Crippen LogP contribution in [0.3, 0.4) is 0 Å². The number of halogens is 5. The van der Waals surface area contributed by atoms with Gasteiger partial charge in [-0.05, 0) is 42.5 Å². The number of aromatic carboxylic acids is 1. The van der Waals surface area contributed by atoms with Crippen LogP contribution < -0.4 is 9.29 Å². The molecule has 0 amide bonds. The number of carbonyl (C=O) groups excluding carboxylic acids is 1. The number of hydrogen-bond acceptors (Lipinski definition) is 7. The minimum absolute atomic E-state index is 0.0948. The Hall–Kier alpha value is -2.80. The maximum Gasteiger partial charge on any atom is 0.390 e. The first-order valence-electron chi connectivity index (χ1n) is 9.30. The molecule has 1 aromatic heterocycles. The fourth-order valence-electron chi connectivity index (χ4n) is 2.99. The van der Waals surface area contributed by atoms with Crippen molar-refractivity contribution in [2.45, 2.75) is 19.2 Å². The van der Waals surface area contributed by atoms with Crippen LogP contribution in [-0.4, -0.2) is 41.2 Å². The van der Waals surface area contributed by atoms with Gasteiger partial charge in [0.2, 0.25) is 0 Å². The van der Waals surface area contributed by atoms with Gasteiger partial charge >= 0.3 is 16.3 Å². The molecule has 8 nitrogen and oxygen atoms in total. The molecule has 0 saturated carbocycles. The minimum atomic E-state index is -4.67. The van der Waals surface area contributed by atoms with Crippen molar-refractivity contribution in [2.75, 3.05) is 5.75 Å². The lowest BCUT2D eigenvalue weighted by atomic mass is 10.1. The van der Waals surface area contributed by atoms with Crippen molar-refractivity contribution < 1.29 is 40.8 Å². The van der Waals surface area contributed by atoms with Gasteiger partial charge in [0.25, 0.3) is 0 Å². The highest BCUT2D eigenvalue weighted by atomic mass is 35.5.